The first-order chi connectivity index (χ1) is 9.20. The summed E-state index contributed by atoms with van der Waals surface area (Å²) < 4.78 is 0. The highest BCUT2D eigenvalue weighted by Crippen LogP contribution is 2.26. The lowest BCUT2D eigenvalue weighted by atomic mass is 10.1. The fraction of sp³-hybridized carbons (Fsp3) is 0.154. The molecular formula is C13H10Cl2N4. The Bertz CT molecular complexity index is 622. The van der Waals surface area contributed by atoms with Crippen LogP contribution in [-0.4, -0.2) is 9.97 Å². The third kappa shape index (κ3) is 3.57. The third-order valence-electron chi connectivity index (χ3n) is 2.49. The number of nitrogens with one attached hydrogen (secondary N) is 1. The van der Waals surface area contributed by atoms with Crippen LogP contribution in [0.4, 0.5) is 11.5 Å². The maximum atomic E-state index is 8.66. The Hall–Kier alpha value is -1.83. The zero-order valence-electron chi connectivity index (χ0n) is 9.90. The van der Waals surface area contributed by atoms with Gasteiger partial charge in [-0.1, -0.05) is 29.8 Å². The van der Waals surface area contributed by atoms with Gasteiger partial charge in [0.1, 0.15) is 5.02 Å². The number of halogens is 2. The molecule has 2 rings (SSSR count). The molecule has 1 aromatic carbocycles. The summed E-state index contributed by atoms with van der Waals surface area (Å²) in [6.07, 6.45) is 2.56. The van der Waals surface area contributed by atoms with E-state index in [2.05, 4.69) is 21.4 Å². The van der Waals surface area contributed by atoms with Gasteiger partial charge in [0.2, 0.25) is 5.28 Å². The van der Waals surface area contributed by atoms with Gasteiger partial charge < -0.3 is 5.32 Å². The van der Waals surface area contributed by atoms with E-state index in [9.17, 15) is 0 Å². The van der Waals surface area contributed by atoms with E-state index < -0.39 is 0 Å². The van der Waals surface area contributed by atoms with Crippen LogP contribution in [0.2, 0.25) is 10.3 Å². The zero-order valence-corrected chi connectivity index (χ0v) is 11.4. The van der Waals surface area contributed by atoms with Gasteiger partial charge in [-0.2, -0.15) is 10.2 Å². The first-order valence-corrected chi connectivity index (χ1v) is 6.36. The molecule has 1 aromatic heterocycles. The molecule has 0 aliphatic rings. The zero-order chi connectivity index (χ0) is 13.7. The lowest BCUT2D eigenvalue weighted by Gasteiger charge is -2.11. The second-order valence-corrected chi connectivity index (χ2v) is 4.52. The van der Waals surface area contributed by atoms with Crippen molar-refractivity contribution >= 4 is 34.7 Å². The second-order valence-electron chi connectivity index (χ2n) is 3.78. The van der Waals surface area contributed by atoms with Crippen molar-refractivity contribution in [2.24, 2.45) is 0 Å². The van der Waals surface area contributed by atoms with E-state index >= 15 is 0 Å². The summed E-state index contributed by atoms with van der Waals surface area (Å²) in [6.45, 7) is 0. The summed E-state index contributed by atoms with van der Waals surface area (Å²) in [5, 5.41) is 12.3. The SMILES string of the molecule is N#CCCc1ccccc1Nc1nc(Cl)ncc1Cl. The van der Waals surface area contributed by atoms with Crippen LogP contribution in [-0.2, 0) is 6.42 Å². The number of hydrogen-bond acceptors (Lipinski definition) is 4. The fourth-order valence-electron chi connectivity index (χ4n) is 1.61. The molecular weight excluding hydrogens is 283 g/mol. The summed E-state index contributed by atoms with van der Waals surface area (Å²) in [5.41, 5.74) is 1.88. The highest BCUT2D eigenvalue weighted by molar-refractivity contribution is 6.33. The molecule has 0 unspecified atom stereocenters. The minimum Gasteiger partial charge on any atom is -0.339 e. The van der Waals surface area contributed by atoms with Crippen LogP contribution >= 0.6 is 23.2 Å². The van der Waals surface area contributed by atoms with Crippen LogP contribution in [0.15, 0.2) is 30.5 Å². The number of aryl methyl sites for hydroxylation is 1. The lowest BCUT2D eigenvalue weighted by Crippen LogP contribution is -1.99. The van der Waals surface area contributed by atoms with Crippen molar-refractivity contribution in [3.05, 3.63) is 46.3 Å². The molecule has 6 heteroatoms. The van der Waals surface area contributed by atoms with Gasteiger partial charge in [-0.15, -0.1) is 0 Å². The number of nitrogens with zero attached hydrogens (tertiary/aromatic N) is 3. The van der Waals surface area contributed by atoms with Crippen LogP contribution in [0.5, 0.6) is 0 Å². The number of benzene rings is 1. The van der Waals surface area contributed by atoms with Crippen molar-refractivity contribution in [1.82, 2.24) is 9.97 Å². The standard InChI is InChI=1S/C13H10Cl2N4/c14-10-8-17-13(15)19-12(10)18-11-6-2-1-4-9(11)5-3-7-16/h1-2,4,6,8H,3,5H2,(H,17,18,19). The molecule has 0 saturated carbocycles. The predicted octanol–water partition coefficient (Wildman–Crippen LogP) is 3.98. The molecule has 0 saturated heterocycles. The Kier molecular flexibility index (Phi) is 4.56. The van der Waals surface area contributed by atoms with E-state index in [0.717, 1.165) is 11.3 Å². The molecule has 19 heavy (non-hydrogen) atoms. The van der Waals surface area contributed by atoms with Crippen molar-refractivity contribution in [3.8, 4) is 6.07 Å². The van der Waals surface area contributed by atoms with Crippen molar-refractivity contribution in [3.63, 3.8) is 0 Å². The Balaban J connectivity index is 2.28. The molecule has 0 atom stereocenters. The van der Waals surface area contributed by atoms with E-state index in [1.54, 1.807) is 0 Å². The van der Waals surface area contributed by atoms with Gasteiger partial charge in [-0.3, -0.25) is 0 Å². The number of nitriles is 1. The molecule has 0 amide bonds. The topological polar surface area (TPSA) is 61.6 Å². The maximum absolute atomic E-state index is 8.66. The van der Waals surface area contributed by atoms with Gasteiger partial charge >= 0.3 is 0 Å². The average Bonchev–Trinajstić information content (AvgIpc) is 2.42. The molecule has 0 aliphatic heterocycles. The lowest BCUT2D eigenvalue weighted by molar-refractivity contribution is 1.01. The monoisotopic (exact) mass is 292 g/mol. The molecule has 4 nitrogen and oxygen atoms in total. The Morgan fingerprint density at radius 3 is 2.84 bits per heavy atom. The van der Waals surface area contributed by atoms with Crippen molar-refractivity contribution in [2.75, 3.05) is 5.32 Å². The molecule has 0 radical (unpaired) electrons. The van der Waals surface area contributed by atoms with Crippen LogP contribution < -0.4 is 5.32 Å². The largest absolute Gasteiger partial charge is 0.339 e. The van der Waals surface area contributed by atoms with E-state index in [4.69, 9.17) is 28.5 Å². The smallest absolute Gasteiger partial charge is 0.224 e. The summed E-state index contributed by atoms with van der Waals surface area (Å²) in [6, 6.07) is 9.80. The average molecular weight is 293 g/mol. The van der Waals surface area contributed by atoms with Crippen LogP contribution in [0, 0.1) is 11.3 Å². The van der Waals surface area contributed by atoms with Crippen molar-refractivity contribution in [2.45, 2.75) is 12.8 Å². The van der Waals surface area contributed by atoms with Gasteiger partial charge in [0.15, 0.2) is 5.82 Å². The quantitative estimate of drug-likeness (QED) is 0.866. The third-order valence-corrected chi connectivity index (χ3v) is 2.95. The van der Waals surface area contributed by atoms with Crippen LogP contribution in [0.1, 0.15) is 12.0 Å². The number of aromatic nitrogens is 2. The maximum Gasteiger partial charge on any atom is 0.224 e. The first-order valence-electron chi connectivity index (χ1n) is 5.60. The summed E-state index contributed by atoms with van der Waals surface area (Å²) in [7, 11) is 0. The molecule has 96 valence electrons. The fourth-order valence-corrected chi connectivity index (χ4v) is 1.88. The highest BCUT2D eigenvalue weighted by atomic mass is 35.5. The molecule has 0 spiro atoms. The number of rotatable bonds is 4. The molecule has 2 aromatic rings. The van der Waals surface area contributed by atoms with Crippen molar-refractivity contribution in [1.29, 1.82) is 5.26 Å². The van der Waals surface area contributed by atoms with E-state index in [1.165, 1.54) is 6.20 Å². The minimum atomic E-state index is 0.126. The molecule has 0 bridgehead atoms. The van der Waals surface area contributed by atoms with E-state index in [1.807, 2.05) is 24.3 Å². The van der Waals surface area contributed by atoms with Crippen LogP contribution in [0.3, 0.4) is 0 Å². The van der Waals surface area contributed by atoms with Gasteiger partial charge in [0.25, 0.3) is 0 Å². The Morgan fingerprint density at radius 1 is 1.26 bits per heavy atom. The first kappa shape index (κ1) is 13.6. The van der Waals surface area contributed by atoms with E-state index in [0.29, 0.717) is 23.7 Å². The number of anilines is 2. The van der Waals surface area contributed by atoms with Crippen LogP contribution in [0.25, 0.3) is 0 Å². The van der Waals surface area contributed by atoms with Gasteiger partial charge in [0, 0.05) is 12.1 Å². The van der Waals surface area contributed by atoms with E-state index in [-0.39, 0.29) is 5.28 Å². The molecule has 0 fully saturated rings. The van der Waals surface area contributed by atoms with Crippen molar-refractivity contribution < 1.29 is 0 Å². The minimum absolute atomic E-state index is 0.126. The summed E-state index contributed by atoms with van der Waals surface area (Å²) in [5.74, 6) is 0.450. The summed E-state index contributed by atoms with van der Waals surface area (Å²) in [4.78, 5) is 7.83. The van der Waals surface area contributed by atoms with Gasteiger partial charge in [0.05, 0.1) is 12.3 Å². The normalized spacial score (nSPS) is 9.95. The summed E-state index contributed by atoms with van der Waals surface area (Å²) >= 11 is 11.7. The highest BCUT2D eigenvalue weighted by Gasteiger charge is 2.07. The second kappa shape index (κ2) is 6.37. The Morgan fingerprint density at radius 2 is 2.05 bits per heavy atom. The van der Waals surface area contributed by atoms with Gasteiger partial charge in [-0.25, -0.2) is 4.98 Å². The number of para-hydroxylation sites is 1. The molecule has 1 N–H and O–H groups in total. The molecule has 0 aliphatic carbocycles. The molecule has 1 heterocycles. The number of hydrogen-bond donors (Lipinski definition) is 1. The Labute approximate surface area is 121 Å². The predicted molar refractivity (Wildman–Crippen MR) is 75.7 cm³/mol. The van der Waals surface area contributed by atoms with Gasteiger partial charge in [-0.05, 0) is 29.7 Å².